The second-order valence-corrected chi connectivity index (χ2v) is 9.07. The maximum atomic E-state index is 11.3. The van der Waals surface area contributed by atoms with Crippen LogP contribution in [0.25, 0.3) is 21.8 Å². The number of hydrogen-bond acceptors (Lipinski definition) is 6. The highest BCUT2D eigenvalue weighted by Crippen LogP contribution is 2.42. The molecule has 1 saturated carbocycles. The number of aromatic nitrogens is 4. The van der Waals surface area contributed by atoms with Gasteiger partial charge in [-0.05, 0) is 60.5 Å². The van der Waals surface area contributed by atoms with Crippen LogP contribution in [0.2, 0.25) is 5.28 Å². The summed E-state index contributed by atoms with van der Waals surface area (Å²) in [6.45, 7) is 4.13. The first-order chi connectivity index (χ1) is 16.4. The Bertz CT molecular complexity index is 1360. The van der Waals surface area contributed by atoms with E-state index in [9.17, 15) is 4.79 Å². The molecule has 4 aromatic rings. The van der Waals surface area contributed by atoms with Gasteiger partial charge in [0.1, 0.15) is 11.5 Å². The van der Waals surface area contributed by atoms with Gasteiger partial charge in [-0.15, -0.1) is 0 Å². The average molecular weight is 481 g/mol. The van der Waals surface area contributed by atoms with Crippen molar-refractivity contribution in [3.05, 3.63) is 63.6 Å². The average Bonchev–Trinajstić information content (AvgIpc) is 3.37. The van der Waals surface area contributed by atoms with Gasteiger partial charge in [0, 0.05) is 34.3 Å². The van der Waals surface area contributed by atoms with E-state index in [1.54, 1.807) is 26.6 Å². The molecule has 0 aliphatic heterocycles. The van der Waals surface area contributed by atoms with Gasteiger partial charge in [0.25, 0.3) is 0 Å². The van der Waals surface area contributed by atoms with E-state index in [-0.39, 0.29) is 11.6 Å². The minimum atomic E-state index is -0.331. The van der Waals surface area contributed by atoms with Gasteiger partial charge in [0.2, 0.25) is 5.28 Å². The van der Waals surface area contributed by atoms with Gasteiger partial charge in [0.05, 0.1) is 25.3 Å². The topological polar surface area (TPSA) is 90.0 Å². The van der Waals surface area contributed by atoms with Crippen molar-refractivity contribution in [2.75, 3.05) is 14.2 Å². The molecule has 0 radical (unpaired) electrons. The third kappa shape index (κ3) is 4.85. The van der Waals surface area contributed by atoms with Crippen molar-refractivity contribution in [2.45, 2.75) is 51.4 Å². The number of nitrogens with zero attached hydrogens (tertiary/aromatic N) is 3. The minimum Gasteiger partial charge on any atom is -0.496 e. The molecule has 178 valence electrons. The summed E-state index contributed by atoms with van der Waals surface area (Å²) in [4.78, 5) is 26.2. The highest BCUT2D eigenvalue weighted by molar-refractivity contribution is 6.28. The Hall–Kier alpha value is -3.19. The van der Waals surface area contributed by atoms with Crippen LogP contribution in [-0.2, 0) is 0 Å². The lowest BCUT2D eigenvalue weighted by Crippen LogP contribution is -2.10. The smallest absolute Gasteiger partial charge is 0.345 e. The van der Waals surface area contributed by atoms with Crippen molar-refractivity contribution < 1.29 is 9.47 Å². The highest BCUT2D eigenvalue weighted by atomic mass is 35.5. The lowest BCUT2D eigenvalue weighted by Gasteiger charge is -2.16. The predicted octanol–water partition coefficient (Wildman–Crippen LogP) is 6.00. The molecule has 34 heavy (non-hydrogen) atoms. The van der Waals surface area contributed by atoms with Gasteiger partial charge in [-0.25, -0.2) is 19.7 Å². The number of benzene rings is 2. The second kappa shape index (κ2) is 10.4. The van der Waals surface area contributed by atoms with E-state index >= 15 is 0 Å². The number of hydrogen-bond donors (Lipinski definition) is 1. The fourth-order valence-electron chi connectivity index (χ4n) is 4.75. The third-order valence-electron chi connectivity index (χ3n) is 6.29. The molecule has 1 fully saturated rings. The van der Waals surface area contributed by atoms with Gasteiger partial charge >= 0.3 is 5.69 Å². The number of nitrogens with one attached hydrogen (secondary N) is 1. The van der Waals surface area contributed by atoms with Gasteiger partial charge in [-0.2, -0.15) is 0 Å². The molecule has 2 heterocycles. The van der Waals surface area contributed by atoms with Crippen LogP contribution in [0.1, 0.15) is 62.5 Å². The van der Waals surface area contributed by atoms with E-state index in [0.29, 0.717) is 11.2 Å². The normalized spacial score (nSPS) is 13.8. The number of rotatable bonds is 4. The first-order valence-corrected chi connectivity index (χ1v) is 11.9. The number of halogens is 1. The number of fused-ring (bicyclic) bond motifs is 2. The molecule has 0 saturated heterocycles. The van der Waals surface area contributed by atoms with Gasteiger partial charge < -0.3 is 14.5 Å². The molecule has 2 aromatic heterocycles. The van der Waals surface area contributed by atoms with Crippen molar-refractivity contribution in [3.8, 4) is 11.5 Å². The summed E-state index contributed by atoms with van der Waals surface area (Å²) in [5, 5.41) is 2.25. The number of H-pyrrole nitrogens is 1. The summed E-state index contributed by atoms with van der Waals surface area (Å²) < 4.78 is 10.8. The van der Waals surface area contributed by atoms with E-state index in [0.717, 1.165) is 38.9 Å². The van der Waals surface area contributed by atoms with Gasteiger partial charge in [-0.1, -0.05) is 26.7 Å². The molecule has 0 unspecified atom stereocenters. The van der Waals surface area contributed by atoms with Crippen LogP contribution in [-0.4, -0.2) is 34.2 Å². The second-order valence-electron chi connectivity index (χ2n) is 8.73. The Labute approximate surface area is 203 Å². The minimum absolute atomic E-state index is 0.275. The van der Waals surface area contributed by atoms with Crippen LogP contribution >= 0.6 is 11.6 Å². The quantitative estimate of drug-likeness (QED) is 0.360. The summed E-state index contributed by atoms with van der Waals surface area (Å²) in [7, 11) is 3.34. The Morgan fingerprint density at radius 1 is 0.971 bits per heavy atom. The Balaban J connectivity index is 0.000000162. The zero-order chi connectivity index (χ0) is 24.2. The molecule has 8 heteroatoms. The summed E-state index contributed by atoms with van der Waals surface area (Å²) >= 11 is 5.93. The zero-order valence-corrected chi connectivity index (χ0v) is 20.6. The molecule has 1 aliphatic rings. The molecule has 0 amide bonds. The molecule has 1 N–H and O–H groups in total. The summed E-state index contributed by atoms with van der Waals surface area (Å²) in [6, 6.07) is 7.79. The molecular formula is C26H29ClN4O3. The van der Waals surface area contributed by atoms with Crippen molar-refractivity contribution in [1.82, 2.24) is 19.9 Å². The van der Waals surface area contributed by atoms with Crippen LogP contribution in [0.4, 0.5) is 0 Å². The van der Waals surface area contributed by atoms with Crippen LogP contribution in [0.15, 0.2) is 41.5 Å². The predicted molar refractivity (Wildman–Crippen MR) is 135 cm³/mol. The fraction of sp³-hybridized carbons (Fsp3) is 0.385. The van der Waals surface area contributed by atoms with Crippen LogP contribution in [0.5, 0.6) is 11.5 Å². The van der Waals surface area contributed by atoms with E-state index in [2.05, 4.69) is 33.8 Å². The lowest BCUT2D eigenvalue weighted by molar-refractivity contribution is 0.406. The number of aromatic amines is 1. The largest absolute Gasteiger partial charge is 0.496 e. The Morgan fingerprint density at radius 2 is 1.62 bits per heavy atom. The van der Waals surface area contributed by atoms with Crippen molar-refractivity contribution in [1.29, 1.82) is 0 Å². The fourth-order valence-corrected chi connectivity index (χ4v) is 4.88. The molecule has 1 aliphatic carbocycles. The van der Waals surface area contributed by atoms with Crippen molar-refractivity contribution in [3.63, 3.8) is 0 Å². The third-order valence-corrected chi connectivity index (χ3v) is 6.48. The van der Waals surface area contributed by atoms with E-state index in [1.165, 1.54) is 31.2 Å². The SMILES string of the molecule is COc1ccc2cnc(=O)[nH]c2c1C(C)C.COc1ccc2cnc(Cl)nc2c1C1CCCC1. The van der Waals surface area contributed by atoms with Crippen molar-refractivity contribution in [2.24, 2.45) is 0 Å². The van der Waals surface area contributed by atoms with Crippen LogP contribution in [0, 0.1) is 0 Å². The number of ether oxygens (including phenoxy) is 2. The molecule has 0 bridgehead atoms. The van der Waals surface area contributed by atoms with E-state index in [4.69, 9.17) is 21.1 Å². The lowest BCUT2D eigenvalue weighted by atomic mass is 9.94. The zero-order valence-electron chi connectivity index (χ0n) is 19.9. The van der Waals surface area contributed by atoms with Crippen LogP contribution < -0.4 is 15.2 Å². The summed E-state index contributed by atoms with van der Waals surface area (Å²) in [5.41, 5.74) is 3.65. The highest BCUT2D eigenvalue weighted by Gasteiger charge is 2.24. The first-order valence-electron chi connectivity index (χ1n) is 11.5. The van der Waals surface area contributed by atoms with Gasteiger partial charge in [-0.3, -0.25) is 0 Å². The molecule has 0 atom stereocenters. The Kier molecular flexibility index (Phi) is 7.32. The van der Waals surface area contributed by atoms with Crippen molar-refractivity contribution >= 4 is 33.4 Å². The standard InChI is InChI=1S/C14H15ClN2O.C12H14N2O2/c1-18-11-7-6-10-8-16-14(15)17-13(10)12(11)9-4-2-3-5-9;1-7(2)10-9(16-3)5-4-8-6-13-12(15)14-11(8)10/h6-9H,2-5H2,1H3;4-7H,1-3H3,(H,13,14,15). The summed E-state index contributed by atoms with van der Waals surface area (Å²) in [6.07, 6.45) is 8.34. The molecule has 0 spiro atoms. The monoisotopic (exact) mass is 480 g/mol. The van der Waals surface area contributed by atoms with Gasteiger partial charge in [0.15, 0.2) is 0 Å². The molecule has 7 nitrogen and oxygen atoms in total. The van der Waals surface area contributed by atoms with E-state index < -0.39 is 0 Å². The molecule has 5 rings (SSSR count). The molecular weight excluding hydrogens is 452 g/mol. The maximum Gasteiger partial charge on any atom is 0.345 e. The number of methoxy groups -OCH3 is 2. The van der Waals surface area contributed by atoms with Crippen LogP contribution in [0.3, 0.4) is 0 Å². The Morgan fingerprint density at radius 3 is 2.29 bits per heavy atom. The van der Waals surface area contributed by atoms with E-state index in [1.807, 2.05) is 24.3 Å². The molecule has 2 aromatic carbocycles. The first kappa shape index (κ1) is 24.0. The maximum absolute atomic E-state index is 11.3. The summed E-state index contributed by atoms with van der Waals surface area (Å²) in [5.74, 6) is 2.53.